The van der Waals surface area contributed by atoms with Gasteiger partial charge in [0.1, 0.15) is 0 Å². The van der Waals surface area contributed by atoms with Crippen molar-refractivity contribution in [3.8, 4) is 0 Å². The van der Waals surface area contributed by atoms with Crippen LogP contribution in [0.5, 0.6) is 0 Å². The van der Waals surface area contributed by atoms with Crippen LogP contribution in [0.4, 0.5) is 4.39 Å². The van der Waals surface area contributed by atoms with E-state index in [1.54, 1.807) is 6.92 Å². The minimum Gasteiger partial charge on any atom is -0.461 e. The minimum atomic E-state index is -0.767. The maximum absolute atomic E-state index is 13.8. The molecule has 0 N–H and O–H groups in total. The molecule has 0 aromatic carbocycles. The molecule has 2 saturated carbocycles. The molecule has 2 aliphatic carbocycles. The molecule has 0 aromatic heterocycles. The number of rotatable bonds is 2. The summed E-state index contributed by atoms with van der Waals surface area (Å²) in [5, 5.41) is 0. The Morgan fingerprint density at radius 3 is 2.71 bits per heavy atom. The molecule has 0 spiro atoms. The number of fused-ring (bicyclic) bond motifs is 1. The lowest BCUT2D eigenvalue weighted by molar-refractivity contribution is -0.140. The molecule has 2 nitrogen and oxygen atoms in total. The first kappa shape index (κ1) is 12.6. The molecule has 0 amide bonds. The van der Waals surface area contributed by atoms with Gasteiger partial charge in [0.05, 0.1) is 6.61 Å². The molecule has 2 unspecified atom stereocenters. The average molecular weight is 240 g/mol. The first-order valence-electron chi connectivity index (χ1n) is 6.77. The van der Waals surface area contributed by atoms with Crippen molar-refractivity contribution in [1.82, 2.24) is 0 Å². The second kappa shape index (κ2) is 5.65. The van der Waals surface area contributed by atoms with Crippen LogP contribution in [-0.4, -0.2) is 12.6 Å². The van der Waals surface area contributed by atoms with E-state index in [2.05, 4.69) is 0 Å². The molecule has 0 bridgehead atoms. The van der Waals surface area contributed by atoms with Gasteiger partial charge in [0, 0.05) is 0 Å². The summed E-state index contributed by atoms with van der Waals surface area (Å²) < 4.78 is 18.6. The molecule has 0 radical (unpaired) electrons. The van der Waals surface area contributed by atoms with E-state index in [1.165, 1.54) is 25.7 Å². The summed E-state index contributed by atoms with van der Waals surface area (Å²) in [7, 11) is 0. The van der Waals surface area contributed by atoms with Crippen LogP contribution in [0.3, 0.4) is 0 Å². The second-order valence-corrected chi connectivity index (χ2v) is 5.19. The first-order chi connectivity index (χ1) is 8.22. The van der Waals surface area contributed by atoms with Gasteiger partial charge in [-0.05, 0) is 50.0 Å². The zero-order valence-electron chi connectivity index (χ0n) is 10.5. The maximum Gasteiger partial charge on any atom is 0.367 e. The highest BCUT2D eigenvalue weighted by Gasteiger charge is 2.32. The normalized spacial score (nSPS) is 31.6. The van der Waals surface area contributed by atoms with Crippen molar-refractivity contribution in [2.24, 2.45) is 11.8 Å². The Hall–Kier alpha value is -0.860. The zero-order valence-corrected chi connectivity index (χ0v) is 10.5. The second-order valence-electron chi connectivity index (χ2n) is 5.19. The van der Waals surface area contributed by atoms with Crippen LogP contribution in [-0.2, 0) is 9.53 Å². The number of hydrogen-bond donors (Lipinski definition) is 0. The van der Waals surface area contributed by atoms with Crippen molar-refractivity contribution in [1.29, 1.82) is 0 Å². The van der Waals surface area contributed by atoms with E-state index in [-0.39, 0.29) is 6.61 Å². The van der Waals surface area contributed by atoms with Crippen LogP contribution in [0.15, 0.2) is 11.4 Å². The lowest BCUT2D eigenvalue weighted by Gasteiger charge is -2.36. The molecule has 2 aliphatic rings. The van der Waals surface area contributed by atoms with Crippen LogP contribution in [0, 0.1) is 11.8 Å². The summed E-state index contributed by atoms with van der Waals surface area (Å²) in [5.41, 5.74) is 0.701. The summed E-state index contributed by atoms with van der Waals surface area (Å²) in [6, 6.07) is 0. The Kier molecular flexibility index (Phi) is 4.19. The van der Waals surface area contributed by atoms with E-state index in [4.69, 9.17) is 4.74 Å². The third-order valence-corrected chi connectivity index (χ3v) is 4.16. The Labute approximate surface area is 102 Å². The average Bonchev–Trinajstić information content (AvgIpc) is 2.37. The molecule has 0 aromatic rings. The van der Waals surface area contributed by atoms with Crippen LogP contribution >= 0.6 is 0 Å². The van der Waals surface area contributed by atoms with Crippen molar-refractivity contribution >= 4 is 5.97 Å². The lowest BCUT2D eigenvalue weighted by Crippen LogP contribution is -2.25. The van der Waals surface area contributed by atoms with Crippen LogP contribution in [0.2, 0.25) is 0 Å². The molecule has 96 valence electrons. The lowest BCUT2D eigenvalue weighted by atomic mass is 9.69. The van der Waals surface area contributed by atoms with E-state index >= 15 is 0 Å². The van der Waals surface area contributed by atoms with Gasteiger partial charge in [-0.15, -0.1) is 0 Å². The molecule has 2 atom stereocenters. The van der Waals surface area contributed by atoms with Crippen molar-refractivity contribution in [2.75, 3.05) is 6.61 Å². The van der Waals surface area contributed by atoms with Gasteiger partial charge in [-0.3, -0.25) is 0 Å². The monoisotopic (exact) mass is 240 g/mol. The number of ether oxygens (including phenoxy) is 1. The standard InChI is InChI=1S/C14H21FO2/c1-2-17-14(16)13(15)12-8-7-10-5-3-4-6-11(10)9-12/h10-11H,2-9H2,1H3/b13-12+. The predicted molar refractivity (Wildman–Crippen MR) is 64.1 cm³/mol. The fourth-order valence-electron chi connectivity index (χ4n) is 3.25. The van der Waals surface area contributed by atoms with E-state index in [0.717, 1.165) is 25.2 Å². The molecule has 3 heteroatoms. The predicted octanol–water partition coefficient (Wildman–Crippen LogP) is 3.76. The Morgan fingerprint density at radius 1 is 1.29 bits per heavy atom. The van der Waals surface area contributed by atoms with E-state index in [9.17, 15) is 9.18 Å². The van der Waals surface area contributed by atoms with Crippen LogP contribution in [0.25, 0.3) is 0 Å². The van der Waals surface area contributed by atoms with Crippen LogP contribution in [0.1, 0.15) is 51.9 Å². The topological polar surface area (TPSA) is 26.3 Å². The van der Waals surface area contributed by atoms with Crippen molar-refractivity contribution < 1.29 is 13.9 Å². The fourth-order valence-corrected chi connectivity index (χ4v) is 3.25. The number of carbonyl (C=O) groups excluding carboxylic acids is 1. The van der Waals surface area contributed by atoms with Crippen molar-refractivity contribution in [3.63, 3.8) is 0 Å². The summed E-state index contributed by atoms with van der Waals surface area (Å²) in [5.74, 6) is -0.0113. The van der Waals surface area contributed by atoms with E-state index in [1.807, 2.05) is 0 Å². The molecular formula is C14H21FO2. The molecular weight excluding hydrogens is 219 g/mol. The summed E-state index contributed by atoms with van der Waals surface area (Å²) >= 11 is 0. The smallest absolute Gasteiger partial charge is 0.367 e. The number of halogens is 1. The van der Waals surface area contributed by atoms with Gasteiger partial charge in [-0.25, -0.2) is 4.79 Å². The third-order valence-electron chi connectivity index (χ3n) is 4.16. The number of hydrogen-bond acceptors (Lipinski definition) is 2. The van der Waals surface area contributed by atoms with Crippen molar-refractivity contribution in [3.05, 3.63) is 11.4 Å². The minimum absolute atomic E-state index is 0.242. The first-order valence-corrected chi connectivity index (χ1v) is 6.77. The molecule has 17 heavy (non-hydrogen) atoms. The molecule has 0 heterocycles. The van der Waals surface area contributed by atoms with Gasteiger partial charge in [0.25, 0.3) is 0 Å². The highest BCUT2D eigenvalue weighted by molar-refractivity contribution is 5.86. The third kappa shape index (κ3) is 2.88. The molecule has 0 aliphatic heterocycles. The fraction of sp³-hybridized carbons (Fsp3) is 0.786. The van der Waals surface area contributed by atoms with Gasteiger partial charge < -0.3 is 4.74 Å². The molecule has 2 rings (SSSR count). The quantitative estimate of drug-likeness (QED) is 0.542. The van der Waals surface area contributed by atoms with Gasteiger partial charge >= 0.3 is 5.97 Å². The van der Waals surface area contributed by atoms with E-state index < -0.39 is 11.8 Å². The van der Waals surface area contributed by atoms with Gasteiger partial charge in [0.2, 0.25) is 5.83 Å². The Bertz CT molecular complexity index is 322. The molecule has 0 saturated heterocycles. The highest BCUT2D eigenvalue weighted by Crippen LogP contribution is 2.43. The Balaban J connectivity index is 2.03. The maximum atomic E-state index is 13.8. The zero-order chi connectivity index (χ0) is 12.3. The van der Waals surface area contributed by atoms with E-state index in [0.29, 0.717) is 11.5 Å². The van der Waals surface area contributed by atoms with Crippen molar-refractivity contribution in [2.45, 2.75) is 51.9 Å². The summed E-state index contributed by atoms with van der Waals surface area (Å²) in [6.07, 6.45) is 7.63. The molecule has 2 fully saturated rings. The van der Waals surface area contributed by atoms with Gasteiger partial charge in [0.15, 0.2) is 0 Å². The largest absolute Gasteiger partial charge is 0.461 e. The SMILES string of the molecule is CCOC(=O)/C(F)=C1/CCC2CCCCC2C1. The van der Waals surface area contributed by atoms with Gasteiger partial charge in [-0.1, -0.05) is 19.3 Å². The van der Waals surface area contributed by atoms with Crippen LogP contribution < -0.4 is 0 Å². The Morgan fingerprint density at radius 2 is 2.00 bits per heavy atom. The number of carbonyl (C=O) groups is 1. The number of esters is 1. The number of allylic oxidation sites excluding steroid dienone is 1. The summed E-state index contributed by atoms with van der Waals surface area (Å²) in [4.78, 5) is 11.3. The summed E-state index contributed by atoms with van der Waals surface area (Å²) in [6.45, 7) is 1.94. The highest BCUT2D eigenvalue weighted by atomic mass is 19.1. The van der Waals surface area contributed by atoms with Gasteiger partial charge in [-0.2, -0.15) is 4.39 Å².